The van der Waals surface area contributed by atoms with Gasteiger partial charge in [0.2, 0.25) is 5.43 Å². The molecule has 4 rings (SSSR count). The van der Waals surface area contributed by atoms with Gasteiger partial charge in [-0.15, -0.1) is 0 Å². The van der Waals surface area contributed by atoms with Crippen LogP contribution in [0.2, 0.25) is 0 Å². The summed E-state index contributed by atoms with van der Waals surface area (Å²) in [6, 6.07) is 19.8. The maximum atomic E-state index is 13.4. The Labute approximate surface area is 171 Å². The lowest BCUT2D eigenvalue weighted by atomic mass is 10.1. The highest BCUT2D eigenvalue weighted by Gasteiger charge is 2.18. The smallest absolute Gasteiger partial charge is 0.276 e. The minimum Gasteiger partial charge on any atom is -0.496 e. The van der Waals surface area contributed by atoms with E-state index in [0.717, 1.165) is 5.56 Å². The summed E-state index contributed by atoms with van der Waals surface area (Å²) in [5, 5.41) is 7.37. The van der Waals surface area contributed by atoms with E-state index in [9.17, 15) is 14.0 Å². The highest BCUT2D eigenvalue weighted by molar-refractivity contribution is 5.95. The highest BCUT2D eigenvalue weighted by Crippen LogP contribution is 2.18. The third kappa shape index (κ3) is 3.65. The van der Waals surface area contributed by atoms with E-state index in [2.05, 4.69) is 10.4 Å². The molecule has 1 N–H and O–H groups in total. The van der Waals surface area contributed by atoms with Gasteiger partial charge in [0.05, 0.1) is 23.7 Å². The minimum absolute atomic E-state index is 0.174. The van der Waals surface area contributed by atoms with E-state index in [1.807, 2.05) is 18.2 Å². The Kier molecular flexibility index (Phi) is 5.26. The van der Waals surface area contributed by atoms with Crippen LogP contribution in [0.5, 0.6) is 5.75 Å². The van der Waals surface area contributed by atoms with Gasteiger partial charge in [0.15, 0.2) is 5.69 Å². The normalized spacial score (nSPS) is 10.7. The molecule has 0 saturated carbocycles. The zero-order valence-electron chi connectivity index (χ0n) is 16.1. The van der Waals surface area contributed by atoms with E-state index in [1.165, 1.54) is 28.9 Å². The number of halogens is 1. The second-order valence-electron chi connectivity index (χ2n) is 6.58. The molecule has 0 unspecified atom stereocenters. The maximum absolute atomic E-state index is 13.4. The number of hydrogen-bond acceptors (Lipinski definition) is 4. The molecule has 0 radical (unpaired) electrons. The monoisotopic (exact) mass is 403 g/mol. The lowest BCUT2D eigenvalue weighted by Crippen LogP contribution is -2.31. The fourth-order valence-electron chi connectivity index (χ4n) is 3.21. The Morgan fingerprint density at radius 3 is 2.50 bits per heavy atom. The van der Waals surface area contributed by atoms with Gasteiger partial charge >= 0.3 is 0 Å². The molecule has 0 bridgehead atoms. The predicted molar refractivity (Wildman–Crippen MR) is 111 cm³/mol. The SMILES string of the molecule is COc1ccccc1CNC(=O)c1nn(-c2ccc(F)cc2)c2ccccc2c1=O. The first-order chi connectivity index (χ1) is 14.6. The first-order valence-electron chi connectivity index (χ1n) is 9.26. The van der Waals surface area contributed by atoms with Crippen molar-refractivity contribution in [2.75, 3.05) is 7.11 Å². The van der Waals surface area contributed by atoms with Crippen LogP contribution in [0.25, 0.3) is 16.6 Å². The topological polar surface area (TPSA) is 73.2 Å². The molecule has 3 aromatic carbocycles. The molecule has 0 saturated heterocycles. The Morgan fingerprint density at radius 1 is 1.03 bits per heavy atom. The molecule has 0 aliphatic heterocycles. The van der Waals surface area contributed by atoms with Gasteiger partial charge in [-0.25, -0.2) is 9.07 Å². The zero-order valence-corrected chi connectivity index (χ0v) is 16.1. The number of hydrogen-bond donors (Lipinski definition) is 1. The van der Waals surface area contributed by atoms with Crippen LogP contribution in [-0.2, 0) is 6.54 Å². The van der Waals surface area contributed by atoms with Crippen LogP contribution < -0.4 is 15.5 Å². The average Bonchev–Trinajstić information content (AvgIpc) is 2.79. The molecule has 150 valence electrons. The van der Waals surface area contributed by atoms with Gasteiger partial charge in [-0.1, -0.05) is 30.3 Å². The lowest BCUT2D eigenvalue weighted by Gasteiger charge is -2.13. The second-order valence-corrected chi connectivity index (χ2v) is 6.58. The van der Waals surface area contributed by atoms with Crippen molar-refractivity contribution in [3.05, 3.63) is 100 Å². The standard InChI is InChI=1S/C23H18FN3O3/c1-30-20-9-5-2-6-15(20)14-25-23(29)21-22(28)18-7-3-4-8-19(18)27(26-21)17-12-10-16(24)11-13-17/h2-13H,14H2,1H3,(H,25,29). The minimum atomic E-state index is -0.604. The number of methoxy groups -OCH3 is 1. The molecule has 4 aromatic rings. The van der Waals surface area contributed by atoms with Crippen LogP contribution in [0.1, 0.15) is 16.1 Å². The Balaban J connectivity index is 1.75. The molecule has 30 heavy (non-hydrogen) atoms. The summed E-state index contributed by atoms with van der Waals surface area (Å²) in [4.78, 5) is 25.8. The number of ether oxygens (including phenoxy) is 1. The Morgan fingerprint density at radius 2 is 1.73 bits per heavy atom. The number of benzene rings is 3. The largest absolute Gasteiger partial charge is 0.496 e. The van der Waals surface area contributed by atoms with Gasteiger partial charge in [0, 0.05) is 12.1 Å². The molecule has 0 atom stereocenters. The molecule has 1 aromatic heterocycles. The summed E-state index contributed by atoms with van der Waals surface area (Å²) in [5.74, 6) is -0.362. The number of amides is 1. The average molecular weight is 403 g/mol. The molecular weight excluding hydrogens is 385 g/mol. The molecule has 0 fully saturated rings. The number of nitrogens with zero attached hydrogens (tertiary/aromatic N) is 2. The van der Waals surface area contributed by atoms with Crippen molar-refractivity contribution >= 4 is 16.8 Å². The molecule has 7 heteroatoms. The summed E-state index contributed by atoms with van der Waals surface area (Å²) in [6.45, 7) is 0.174. The van der Waals surface area contributed by atoms with Crippen LogP contribution in [0.3, 0.4) is 0 Å². The highest BCUT2D eigenvalue weighted by atomic mass is 19.1. The van der Waals surface area contributed by atoms with Crippen molar-refractivity contribution in [2.24, 2.45) is 0 Å². The maximum Gasteiger partial charge on any atom is 0.276 e. The van der Waals surface area contributed by atoms with E-state index >= 15 is 0 Å². The number of nitrogens with one attached hydrogen (secondary N) is 1. The van der Waals surface area contributed by atoms with Gasteiger partial charge in [-0.2, -0.15) is 5.10 Å². The third-order valence-electron chi connectivity index (χ3n) is 4.71. The summed E-state index contributed by atoms with van der Waals surface area (Å²) < 4.78 is 20.1. The van der Waals surface area contributed by atoms with E-state index in [-0.39, 0.29) is 18.1 Å². The number of rotatable bonds is 5. The van der Waals surface area contributed by atoms with E-state index < -0.39 is 11.3 Å². The number of aromatic nitrogens is 2. The van der Waals surface area contributed by atoms with Gasteiger partial charge in [-0.3, -0.25) is 9.59 Å². The lowest BCUT2D eigenvalue weighted by molar-refractivity contribution is 0.0943. The summed E-state index contributed by atoms with van der Waals surface area (Å²) >= 11 is 0. The van der Waals surface area contributed by atoms with Crippen LogP contribution in [0, 0.1) is 5.82 Å². The number of para-hydroxylation sites is 2. The van der Waals surface area contributed by atoms with Gasteiger partial charge < -0.3 is 10.1 Å². The van der Waals surface area contributed by atoms with Crippen molar-refractivity contribution < 1.29 is 13.9 Å². The first-order valence-corrected chi connectivity index (χ1v) is 9.26. The fourth-order valence-corrected chi connectivity index (χ4v) is 3.21. The fraction of sp³-hybridized carbons (Fsp3) is 0.0870. The van der Waals surface area contributed by atoms with Crippen molar-refractivity contribution in [3.8, 4) is 11.4 Å². The molecule has 1 heterocycles. The molecular formula is C23H18FN3O3. The molecule has 0 aliphatic carbocycles. The number of fused-ring (bicyclic) bond motifs is 1. The Hall–Kier alpha value is -4.00. The van der Waals surface area contributed by atoms with Crippen LogP contribution in [0.4, 0.5) is 4.39 Å². The summed E-state index contributed by atoms with van der Waals surface area (Å²) in [5.41, 5.74) is 1.11. The third-order valence-corrected chi connectivity index (χ3v) is 4.71. The predicted octanol–water partition coefficient (Wildman–Crippen LogP) is 3.46. The van der Waals surface area contributed by atoms with Crippen LogP contribution >= 0.6 is 0 Å². The van der Waals surface area contributed by atoms with Gasteiger partial charge in [-0.05, 0) is 42.5 Å². The Bertz CT molecular complexity index is 1280. The van der Waals surface area contributed by atoms with Gasteiger partial charge in [0.25, 0.3) is 5.91 Å². The van der Waals surface area contributed by atoms with Crippen molar-refractivity contribution in [2.45, 2.75) is 6.54 Å². The van der Waals surface area contributed by atoms with Crippen LogP contribution in [0.15, 0.2) is 77.6 Å². The van der Waals surface area contributed by atoms with Gasteiger partial charge in [0.1, 0.15) is 11.6 Å². The number of carbonyl (C=O) groups excluding carboxylic acids is 1. The second kappa shape index (κ2) is 8.16. The summed E-state index contributed by atoms with van der Waals surface area (Å²) in [7, 11) is 1.55. The first kappa shape index (κ1) is 19.3. The van der Waals surface area contributed by atoms with E-state index in [0.29, 0.717) is 22.3 Å². The van der Waals surface area contributed by atoms with E-state index in [1.54, 1.807) is 37.4 Å². The number of carbonyl (C=O) groups is 1. The van der Waals surface area contributed by atoms with Crippen molar-refractivity contribution in [3.63, 3.8) is 0 Å². The molecule has 1 amide bonds. The quantitative estimate of drug-likeness (QED) is 0.554. The van der Waals surface area contributed by atoms with E-state index in [4.69, 9.17) is 4.74 Å². The summed E-state index contributed by atoms with van der Waals surface area (Å²) in [6.07, 6.45) is 0. The molecule has 0 spiro atoms. The zero-order chi connectivity index (χ0) is 21.1. The molecule has 0 aliphatic rings. The molecule has 6 nitrogen and oxygen atoms in total. The van der Waals surface area contributed by atoms with Crippen molar-refractivity contribution in [1.82, 2.24) is 15.1 Å². The van der Waals surface area contributed by atoms with Crippen LogP contribution in [-0.4, -0.2) is 22.8 Å². The van der Waals surface area contributed by atoms with Crippen molar-refractivity contribution in [1.29, 1.82) is 0 Å².